The molecule has 1 atom stereocenters. The lowest BCUT2D eigenvalue weighted by molar-refractivity contribution is 0.425. The minimum absolute atomic E-state index is 0.231. The molecule has 0 aliphatic heterocycles. The Morgan fingerprint density at radius 3 is 2.57 bits per heavy atom. The van der Waals surface area contributed by atoms with Crippen LogP contribution in [0.2, 0.25) is 0 Å². The second-order valence-corrected chi connectivity index (χ2v) is 6.24. The quantitative estimate of drug-likeness (QED) is 0.841. The highest BCUT2D eigenvalue weighted by Crippen LogP contribution is 2.27. The van der Waals surface area contributed by atoms with Crippen molar-refractivity contribution in [1.29, 1.82) is 5.26 Å². The lowest BCUT2D eigenvalue weighted by atomic mass is 9.92. The molecule has 4 heteroatoms. The first-order valence-corrected chi connectivity index (χ1v) is 8.16. The highest BCUT2D eigenvalue weighted by atomic mass is 32.2. The first kappa shape index (κ1) is 15.7. The average Bonchev–Trinajstić information content (AvgIpc) is 3.00. The van der Waals surface area contributed by atoms with E-state index in [1.165, 1.54) is 0 Å². The predicted octanol–water partition coefficient (Wildman–Crippen LogP) is 3.93. The molecular weight excluding hydrogens is 280 g/mol. The molecule has 2 aromatic rings. The number of hydrogen-bond acceptors (Lipinski definition) is 4. The topological polar surface area (TPSA) is 49.0 Å². The van der Waals surface area contributed by atoms with E-state index in [1.807, 2.05) is 42.5 Å². The van der Waals surface area contributed by atoms with E-state index in [2.05, 4.69) is 25.2 Å². The van der Waals surface area contributed by atoms with Crippen LogP contribution in [0.15, 0.2) is 53.1 Å². The van der Waals surface area contributed by atoms with Gasteiger partial charge in [0, 0.05) is 11.8 Å². The summed E-state index contributed by atoms with van der Waals surface area (Å²) in [5.41, 5.74) is 0.334. The summed E-state index contributed by atoms with van der Waals surface area (Å²) >= 11 is 1.70. The molecule has 0 amide bonds. The zero-order valence-electron chi connectivity index (χ0n) is 12.4. The summed E-state index contributed by atoms with van der Waals surface area (Å²) in [6.07, 6.45) is 1.68. The molecule has 110 valence electrons. The zero-order chi connectivity index (χ0) is 15.1. The zero-order valence-corrected chi connectivity index (χ0v) is 13.2. The van der Waals surface area contributed by atoms with Crippen LogP contribution in [0.5, 0.6) is 0 Å². The van der Waals surface area contributed by atoms with Gasteiger partial charge in [-0.2, -0.15) is 17.0 Å². The van der Waals surface area contributed by atoms with Crippen LogP contribution in [0.3, 0.4) is 0 Å². The van der Waals surface area contributed by atoms with E-state index in [0.29, 0.717) is 5.75 Å². The molecule has 0 saturated carbocycles. The van der Waals surface area contributed by atoms with Gasteiger partial charge in [-0.1, -0.05) is 30.3 Å². The molecule has 0 bridgehead atoms. The number of thioether (sulfide) groups is 1. The molecule has 1 heterocycles. The van der Waals surface area contributed by atoms with E-state index >= 15 is 0 Å². The van der Waals surface area contributed by atoms with Gasteiger partial charge in [0.25, 0.3) is 0 Å². The van der Waals surface area contributed by atoms with E-state index in [4.69, 9.17) is 4.42 Å². The van der Waals surface area contributed by atoms with Gasteiger partial charge in [0.2, 0.25) is 0 Å². The summed E-state index contributed by atoms with van der Waals surface area (Å²) in [5, 5.41) is 13.2. The number of nitrogens with zero attached hydrogens (tertiary/aromatic N) is 1. The van der Waals surface area contributed by atoms with Crippen LogP contribution in [0, 0.1) is 11.3 Å². The molecule has 0 radical (unpaired) electrons. The number of furan rings is 1. The number of rotatable bonds is 7. The maximum absolute atomic E-state index is 9.79. The third kappa shape index (κ3) is 4.13. The van der Waals surface area contributed by atoms with Crippen molar-refractivity contribution >= 4 is 11.8 Å². The highest BCUT2D eigenvalue weighted by molar-refractivity contribution is 7.98. The van der Waals surface area contributed by atoms with E-state index < -0.39 is 5.54 Å². The van der Waals surface area contributed by atoms with Gasteiger partial charge in [-0.15, -0.1) is 0 Å². The molecule has 0 aliphatic rings. The second kappa shape index (κ2) is 7.35. The third-order valence-corrected chi connectivity index (χ3v) is 4.26. The lowest BCUT2D eigenvalue weighted by Crippen LogP contribution is -2.47. The molecule has 1 unspecified atom stereocenters. The van der Waals surface area contributed by atoms with Gasteiger partial charge < -0.3 is 4.42 Å². The molecule has 0 aliphatic carbocycles. The predicted molar refractivity (Wildman–Crippen MR) is 86.9 cm³/mol. The van der Waals surface area contributed by atoms with E-state index in [1.54, 1.807) is 18.0 Å². The second-order valence-electron chi connectivity index (χ2n) is 5.25. The van der Waals surface area contributed by atoms with Crippen LogP contribution in [-0.2, 0) is 11.3 Å². The summed E-state index contributed by atoms with van der Waals surface area (Å²) in [6, 6.07) is 16.5. The molecule has 1 N–H and O–H groups in total. The number of nitrogens with one attached hydrogen (secondary N) is 1. The summed E-state index contributed by atoms with van der Waals surface area (Å²) < 4.78 is 5.34. The summed E-state index contributed by atoms with van der Waals surface area (Å²) in [7, 11) is 0. The Morgan fingerprint density at radius 2 is 2.00 bits per heavy atom. The van der Waals surface area contributed by atoms with E-state index in [-0.39, 0.29) is 6.04 Å². The summed E-state index contributed by atoms with van der Waals surface area (Å²) in [5.74, 6) is 2.37. The fourth-order valence-electron chi connectivity index (χ4n) is 2.25. The molecular formula is C17H20N2OS. The normalized spacial score (nSPS) is 13.8. The Morgan fingerprint density at radius 1 is 1.24 bits per heavy atom. The van der Waals surface area contributed by atoms with Crippen molar-refractivity contribution in [3.8, 4) is 6.07 Å². The van der Waals surface area contributed by atoms with Crippen LogP contribution in [0.4, 0.5) is 0 Å². The van der Waals surface area contributed by atoms with Gasteiger partial charge >= 0.3 is 0 Å². The van der Waals surface area contributed by atoms with Crippen molar-refractivity contribution in [3.63, 3.8) is 0 Å². The fraction of sp³-hybridized carbons (Fsp3) is 0.353. The Hall–Kier alpha value is -1.70. The minimum atomic E-state index is -0.674. The molecule has 1 aromatic carbocycles. The van der Waals surface area contributed by atoms with Gasteiger partial charge in [0.1, 0.15) is 11.3 Å². The number of nitriles is 1. The summed E-state index contributed by atoms with van der Waals surface area (Å²) in [4.78, 5) is 0. The van der Waals surface area contributed by atoms with Gasteiger partial charge in [0.15, 0.2) is 0 Å². The van der Waals surface area contributed by atoms with Crippen LogP contribution in [-0.4, -0.2) is 11.8 Å². The Bertz CT molecular complexity index is 575. The highest BCUT2D eigenvalue weighted by Gasteiger charge is 2.32. The van der Waals surface area contributed by atoms with Crippen molar-refractivity contribution in [2.45, 2.75) is 31.2 Å². The Kier molecular flexibility index (Phi) is 5.49. The van der Waals surface area contributed by atoms with Crippen molar-refractivity contribution in [3.05, 3.63) is 60.1 Å². The average molecular weight is 300 g/mol. The summed E-state index contributed by atoms with van der Waals surface area (Å²) in [6.45, 7) is 4.12. The standard InChI is InChI=1S/C17H20N2OS/c1-14(2)19-17(12-18,15-7-4-3-5-8-15)13-21-11-16-9-6-10-20-16/h3-10,14,19H,11,13H2,1-2H3. The molecule has 0 fully saturated rings. The van der Waals surface area contributed by atoms with E-state index in [0.717, 1.165) is 17.1 Å². The molecule has 2 rings (SSSR count). The minimum Gasteiger partial charge on any atom is -0.468 e. The Labute approximate surface area is 130 Å². The largest absolute Gasteiger partial charge is 0.468 e. The maximum Gasteiger partial charge on any atom is 0.141 e. The van der Waals surface area contributed by atoms with Gasteiger partial charge in [0.05, 0.1) is 18.1 Å². The number of hydrogen-bond donors (Lipinski definition) is 1. The Balaban J connectivity index is 2.13. The molecule has 1 aromatic heterocycles. The fourth-order valence-corrected chi connectivity index (χ4v) is 3.34. The van der Waals surface area contributed by atoms with E-state index in [9.17, 15) is 5.26 Å². The lowest BCUT2D eigenvalue weighted by Gasteiger charge is -2.30. The van der Waals surface area contributed by atoms with Crippen molar-refractivity contribution in [2.24, 2.45) is 0 Å². The SMILES string of the molecule is CC(C)NC(C#N)(CSCc1ccco1)c1ccccc1. The van der Waals surface area contributed by atoms with Crippen molar-refractivity contribution in [2.75, 3.05) is 5.75 Å². The smallest absolute Gasteiger partial charge is 0.141 e. The van der Waals surface area contributed by atoms with Gasteiger partial charge in [-0.3, -0.25) is 5.32 Å². The van der Waals surface area contributed by atoms with Crippen LogP contribution in [0.1, 0.15) is 25.2 Å². The maximum atomic E-state index is 9.79. The van der Waals surface area contributed by atoms with Gasteiger partial charge in [-0.25, -0.2) is 0 Å². The van der Waals surface area contributed by atoms with Crippen LogP contribution in [0.25, 0.3) is 0 Å². The monoisotopic (exact) mass is 300 g/mol. The van der Waals surface area contributed by atoms with Gasteiger partial charge in [-0.05, 0) is 31.5 Å². The number of benzene rings is 1. The molecule has 3 nitrogen and oxygen atoms in total. The first-order chi connectivity index (χ1) is 10.2. The molecule has 0 spiro atoms. The van der Waals surface area contributed by atoms with Crippen molar-refractivity contribution in [1.82, 2.24) is 5.32 Å². The molecule has 21 heavy (non-hydrogen) atoms. The van der Waals surface area contributed by atoms with Crippen LogP contribution >= 0.6 is 11.8 Å². The first-order valence-electron chi connectivity index (χ1n) is 7.01. The van der Waals surface area contributed by atoms with Crippen LogP contribution < -0.4 is 5.32 Å². The van der Waals surface area contributed by atoms with Crippen molar-refractivity contribution < 1.29 is 4.42 Å². The molecule has 0 saturated heterocycles. The third-order valence-electron chi connectivity index (χ3n) is 3.14.